The molecule has 0 spiro atoms. The van der Waals surface area contributed by atoms with Gasteiger partial charge in [-0.25, -0.2) is 4.98 Å². The highest BCUT2D eigenvalue weighted by atomic mass is 32.2. The molecule has 0 bridgehead atoms. The number of rotatable bonds is 5. The van der Waals surface area contributed by atoms with Crippen molar-refractivity contribution in [3.63, 3.8) is 0 Å². The van der Waals surface area contributed by atoms with Crippen LogP contribution >= 0.6 is 11.8 Å². The van der Waals surface area contributed by atoms with Gasteiger partial charge in [-0.1, -0.05) is 17.7 Å². The van der Waals surface area contributed by atoms with Crippen LogP contribution in [0.4, 0.5) is 18.9 Å². The standard InChI is InChI=1S/C18H18F3N3O2S/c1-10-7-11(2)15(12(3)8-10)24-14(25)9-23-16(26)13-5-4-6-22-17(13)27-18(19,20)21/h4-8H,9H2,1-3H3,(H,23,26)(H,24,25). The number of carbonyl (C=O) groups is 2. The number of amides is 2. The molecule has 0 unspecified atom stereocenters. The van der Waals surface area contributed by atoms with Crippen molar-refractivity contribution in [2.24, 2.45) is 0 Å². The summed E-state index contributed by atoms with van der Waals surface area (Å²) >= 11 is -0.475. The second kappa shape index (κ2) is 8.43. The van der Waals surface area contributed by atoms with Gasteiger partial charge in [0.15, 0.2) is 0 Å². The first-order valence-corrected chi connectivity index (χ1v) is 8.75. The van der Waals surface area contributed by atoms with Crippen LogP contribution in [0.15, 0.2) is 35.5 Å². The molecule has 0 atom stereocenters. The lowest BCUT2D eigenvalue weighted by molar-refractivity contribution is -0.115. The van der Waals surface area contributed by atoms with Crippen LogP contribution in [0.2, 0.25) is 0 Å². The Balaban J connectivity index is 2.03. The molecular formula is C18H18F3N3O2S. The molecule has 9 heteroatoms. The van der Waals surface area contributed by atoms with E-state index < -0.39 is 34.1 Å². The van der Waals surface area contributed by atoms with E-state index in [0.29, 0.717) is 5.69 Å². The summed E-state index contributed by atoms with van der Waals surface area (Å²) in [6.45, 7) is 5.27. The average molecular weight is 397 g/mol. The first-order chi connectivity index (χ1) is 12.6. The third-order valence-electron chi connectivity index (χ3n) is 3.58. The van der Waals surface area contributed by atoms with Crippen molar-refractivity contribution in [3.8, 4) is 0 Å². The summed E-state index contributed by atoms with van der Waals surface area (Å²) in [7, 11) is 0. The number of nitrogens with one attached hydrogen (secondary N) is 2. The Kier molecular flexibility index (Phi) is 6.48. The van der Waals surface area contributed by atoms with E-state index >= 15 is 0 Å². The molecule has 2 amide bonds. The number of carbonyl (C=O) groups excluding carboxylic acids is 2. The first-order valence-electron chi connectivity index (χ1n) is 7.93. The summed E-state index contributed by atoms with van der Waals surface area (Å²) in [5.41, 5.74) is -1.35. The largest absolute Gasteiger partial charge is 0.447 e. The van der Waals surface area contributed by atoms with Crippen molar-refractivity contribution >= 4 is 29.3 Å². The number of aryl methyl sites for hydroxylation is 3. The van der Waals surface area contributed by atoms with Crippen molar-refractivity contribution in [3.05, 3.63) is 52.7 Å². The molecule has 1 aromatic carbocycles. The van der Waals surface area contributed by atoms with Crippen LogP contribution in [0.3, 0.4) is 0 Å². The van der Waals surface area contributed by atoms with Gasteiger partial charge in [0.05, 0.1) is 12.1 Å². The van der Waals surface area contributed by atoms with Gasteiger partial charge in [0, 0.05) is 23.6 Å². The molecule has 2 rings (SSSR count). The maximum atomic E-state index is 12.6. The van der Waals surface area contributed by atoms with Crippen LogP contribution < -0.4 is 10.6 Å². The minimum atomic E-state index is -4.57. The molecule has 2 N–H and O–H groups in total. The van der Waals surface area contributed by atoms with Crippen LogP contribution in [-0.4, -0.2) is 28.9 Å². The van der Waals surface area contributed by atoms with E-state index in [0.717, 1.165) is 16.7 Å². The van der Waals surface area contributed by atoms with Crippen LogP contribution in [0.25, 0.3) is 0 Å². The normalized spacial score (nSPS) is 11.2. The maximum absolute atomic E-state index is 12.6. The Bertz CT molecular complexity index is 846. The molecule has 0 saturated heterocycles. The minimum absolute atomic E-state index is 0.240. The summed E-state index contributed by atoms with van der Waals surface area (Å²) < 4.78 is 37.7. The molecule has 144 valence electrons. The van der Waals surface area contributed by atoms with Crippen LogP contribution in [0, 0.1) is 20.8 Å². The number of hydrogen-bond donors (Lipinski definition) is 2. The molecule has 0 radical (unpaired) electrons. The second-order valence-electron chi connectivity index (χ2n) is 5.91. The molecule has 2 aromatic rings. The fourth-order valence-corrected chi connectivity index (χ4v) is 3.17. The number of alkyl halides is 3. The number of aromatic nitrogens is 1. The zero-order valence-electron chi connectivity index (χ0n) is 14.9. The summed E-state index contributed by atoms with van der Waals surface area (Å²) in [4.78, 5) is 27.9. The Morgan fingerprint density at radius 3 is 2.37 bits per heavy atom. The van der Waals surface area contributed by atoms with Crippen molar-refractivity contribution in [2.45, 2.75) is 31.3 Å². The van der Waals surface area contributed by atoms with Gasteiger partial charge in [-0.3, -0.25) is 9.59 Å². The second-order valence-corrected chi connectivity index (χ2v) is 6.96. The number of nitrogens with zero attached hydrogens (tertiary/aromatic N) is 1. The molecule has 0 saturated carbocycles. The van der Waals surface area contributed by atoms with Gasteiger partial charge in [-0.05, 0) is 44.0 Å². The van der Waals surface area contributed by atoms with E-state index in [9.17, 15) is 22.8 Å². The van der Waals surface area contributed by atoms with E-state index in [1.54, 1.807) is 0 Å². The zero-order chi connectivity index (χ0) is 20.2. The smallest absolute Gasteiger partial charge is 0.343 e. The molecule has 0 aliphatic carbocycles. The fraction of sp³-hybridized carbons (Fsp3) is 0.278. The molecule has 27 heavy (non-hydrogen) atoms. The molecular weight excluding hydrogens is 379 g/mol. The van der Waals surface area contributed by atoms with E-state index in [1.165, 1.54) is 18.3 Å². The monoisotopic (exact) mass is 397 g/mol. The average Bonchev–Trinajstić information content (AvgIpc) is 2.55. The van der Waals surface area contributed by atoms with Gasteiger partial charge < -0.3 is 10.6 Å². The highest BCUT2D eigenvalue weighted by Gasteiger charge is 2.32. The van der Waals surface area contributed by atoms with Crippen molar-refractivity contribution in [1.82, 2.24) is 10.3 Å². The highest BCUT2D eigenvalue weighted by molar-refractivity contribution is 8.00. The summed E-state index contributed by atoms with van der Waals surface area (Å²) in [6.07, 6.45) is 1.17. The van der Waals surface area contributed by atoms with Crippen LogP contribution in [0.1, 0.15) is 27.0 Å². The number of pyridine rings is 1. The summed E-state index contributed by atoms with van der Waals surface area (Å²) in [5.74, 6) is -1.28. The Morgan fingerprint density at radius 2 is 1.78 bits per heavy atom. The predicted molar refractivity (Wildman–Crippen MR) is 97.8 cm³/mol. The number of thioether (sulfide) groups is 1. The number of benzene rings is 1. The molecule has 0 aliphatic heterocycles. The minimum Gasteiger partial charge on any atom is -0.343 e. The summed E-state index contributed by atoms with van der Waals surface area (Å²) in [6, 6.07) is 6.41. The van der Waals surface area contributed by atoms with E-state index in [-0.39, 0.29) is 12.1 Å². The van der Waals surface area contributed by atoms with Crippen molar-refractivity contribution in [2.75, 3.05) is 11.9 Å². The van der Waals surface area contributed by atoms with Gasteiger partial charge in [-0.15, -0.1) is 0 Å². The lowest BCUT2D eigenvalue weighted by Crippen LogP contribution is -2.33. The predicted octanol–water partition coefficient (Wildman–Crippen LogP) is 3.99. The van der Waals surface area contributed by atoms with Gasteiger partial charge >= 0.3 is 5.51 Å². The lowest BCUT2D eigenvalue weighted by atomic mass is 10.1. The van der Waals surface area contributed by atoms with E-state index in [4.69, 9.17) is 0 Å². The van der Waals surface area contributed by atoms with Crippen LogP contribution in [0.5, 0.6) is 0 Å². The zero-order valence-corrected chi connectivity index (χ0v) is 15.7. The lowest BCUT2D eigenvalue weighted by Gasteiger charge is -2.14. The third-order valence-corrected chi connectivity index (χ3v) is 4.33. The highest BCUT2D eigenvalue weighted by Crippen LogP contribution is 2.37. The number of hydrogen-bond acceptors (Lipinski definition) is 4. The topological polar surface area (TPSA) is 71.1 Å². The van der Waals surface area contributed by atoms with Gasteiger partial charge in [0.25, 0.3) is 5.91 Å². The van der Waals surface area contributed by atoms with E-state index in [2.05, 4.69) is 15.6 Å². The Labute approximate surface area is 158 Å². The SMILES string of the molecule is Cc1cc(C)c(NC(=O)CNC(=O)c2cccnc2SC(F)(F)F)c(C)c1. The fourth-order valence-electron chi connectivity index (χ4n) is 2.57. The molecule has 0 aliphatic rings. The van der Waals surface area contributed by atoms with E-state index in [1.807, 2.05) is 32.9 Å². The van der Waals surface area contributed by atoms with Gasteiger partial charge in [0.1, 0.15) is 5.03 Å². The quantitative estimate of drug-likeness (QED) is 0.749. The third kappa shape index (κ3) is 5.99. The van der Waals surface area contributed by atoms with Crippen molar-refractivity contribution in [1.29, 1.82) is 0 Å². The number of halogens is 3. The molecule has 5 nitrogen and oxygen atoms in total. The Morgan fingerprint density at radius 1 is 1.15 bits per heavy atom. The molecule has 0 fully saturated rings. The Hall–Kier alpha value is -2.55. The first kappa shape index (κ1) is 20.8. The van der Waals surface area contributed by atoms with Gasteiger partial charge in [0.2, 0.25) is 5.91 Å². The van der Waals surface area contributed by atoms with Gasteiger partial charge in [-0.2, -0.15) is 13.2 Å². The number of anilines is 1. The summed E-state index contributed by atoms with van der Waals surface area (Å²) in [5, 5.41) is 4.57. The molecule has 1 heterocycles. The van der Waals surface area contributed by atoms with Crippen LogP contribution in [-0.2, 0) is 4.79 Å². The van der Waals surface area contributed by atoms with Crippen molar-refractivity contribution < 1.29 is 22.8 Å². The molecule has 1 aromatic heterocycles. The maximum Gasteiger partial charge on any atom is 0.447 e.